The Morgan fingerprint density at radius 3 is 2.62 bits per heavy atom. The van der Waals surface area contributed by atoms with Crippen LogP contribution in [0.4, 0.5) is 0 Å². The number of nitrogens with one attached hydrogen (secondary N) is 1. The molecular weight excluding hydrogens is 366 g/mol. The van der Waals surface area contributed by atoms with Crippen LogP contribution in [0.1, 0.15) is 50.2 Å². The summed E-state index contributed by atoms with van der Waals surface area (Å²) in [5, 5.41) is 4.23. The summed E-state index contributed by atoms with van der Waals surface area (Å²) in [6, 6.07) is 7.21. The first-order chi connectivity index (χ1) is 12.5. The van der Waals surface area contributed by atoms with E-state index in [1.807, 2.05) is 13.8 Å². The number of rotatable bonds is 8. The zero-order valence-corrected chi connectivity index (χ0v) is 17.1. The molecule has 26 heavy (non-hydrogen) atoms. The third kappa shape index (κ3) is 4.13. The Morgan fingerprint density at radius 1 is 1.23 bits per heavy atom. The number of benzene rings is 1. The number of hydrogen-bond acceptors (Lipinski definition) is 4. The molecule has 0 aliphatic heterocycles. The van der Waals surface area contributed by atoms with E-state index >= 15 is 0 Å². The van der Waals surface area contributed by atoms with Crippen molar-refractivity contribution in [3.63, 3.8) is 0 Å². The molecule has 3 rings (SSSR count). The van der Waals surface area contributed by atoms with Crippen molar-refractivity contribution in [3.05, 3.63) is 46.2 Å². The van der Waals surface area contributed by atoms with Gasteiger partial charge in [-0.05, 0) is 72.3 Å². The lowest BCUT2D eigenvalue weighted by molar-refractivity contribution is 0.315. The highest BCUT2D eigenvalue weighted by atomic mass is 32.2. The Kier molecular flexibility index (Phi) is 6.05. The van der Waals surface area contributed by atoms with Crippen molar-refractivity contribution in [3.8, 4) is 5.75 Å². The lowest BCUT2D eigenvalue weighted by atomic mass is 9.81. The van der Waals surface area contributed by atoms with Gasteiger partial charge in [-0.3, -0.25) is 0 Å². The highest BCUT2D eigenvalue weighted by molar-refractivity contribution is 7.89. The van der Waals surface area contributed by atoms with Crippen LogP contribution in [-0.2, 0) is 15.4 Å². The van der Waals surface area contributed by atoms with Crippen molar-refractivity contribution in [2.75, 3.05) is 13.2 Å². The van der Waals surface area contributed by atoms with Crippen molar-refractivity contribution < 1.29 is 13.2 Å². The van der Waals surface area contributed by atoms with E-state index in [2.05, 4.69) is 21.5 Å². The minimum absolute atomic E-state index is 0.0632. The standard InChI is InChI=1S/C20H27NO3S2/c1-3-11-24-19-7-6-18(13-16(19)2)26(22,23)21-15-20(9-4-5-10-20)17-8-12-25-14-17/h6-8,12-14,21H,3-5,9-11,15H2,1-2H3. The van der Waals surface area contributed by atoms with Crippen LogP contribution in [-0.4, -0.2) is 21.6 Å². The van der Waals surface area contributed by atoms with E-state index in [-0.39, 0.29) is 5.41 Å². The molecule has 0 amide bonds. The van der Waals surface area contributed by atoms with Crippen molar-refractivity contribution in [1.82, 2.24) is 4.72 Å². The first-order valence-electron chi connectivity index (χ1n) is 9.23. The van der Waals surface area contributed by atoms with Crippen LogP contribution in [0.15, 0.2) is 39.9 Å². The smallest absolute Gasteiger partial charge is 0.240 e. The number of sulfonamides is 1. The zero-order chi connectivity index (χ0) is 18.6. The maximum atomic E-state index is 12.8. The third-order valence-electron chi connectivity index (χ3n) is 5.21. The molecule has 142 valence electrons. The second-order valence-electron chi connectivity index (χ2n) is 7.10. The Labute approximate surface area is 160 Å². The number of thiophene rings is 1. The third-order valence-corrected chi connectivity index (χ3v) is 7.30. The fourth-order valence-electron chi connectivity index (χ4n) is 3.67. The van der Waals surface area contributed by atoms with E-state index in [0.717, 1.165) is 43.4 Å². The molecule has 1 aromatic carbocycles. The van der Waals surface area contributed by atoms with E-state index in [0.29, 0.717) is 18.0 Å². The maximum absolute atomic E-state index is 12.8. The minimum atomic E-state index is -3.54. The van der Waals surface area contributed by atoms with Crippen molar-refractivity contribution in [2.24, 2.45) is 0 Å². The van der Waals surface area contributed by atoms with Gasteiger partial charge in [-0.1, -0.05) is 19.8 Å². The molecule has 1 aliphatic carbocycles. The molecule has 1 fully saturated rings. The molecule has 6 heteroatoms. The molecule has 1 N–H and O–H groups in total. The average Bonchev–Trinajstić information content (AvgIpc) is 3.31. The van der Waals surface area contributed by atoms with E-state index in [9.17, 15) is 8.42 Å². The van der Waals surface area contributed by atoms with Crippen LogP contribution >= 0.6 is 11.3 Å². The van der Waals surface area contributed by atoms with Gasteiger partial charge in [0.2, 0.25) is 10.0 Å². The fraction of sp³-hybridized carbons (Fsp3) is 0.500. The van der Waals surface area contributed by atoms with Gasteiger partial charge in [0.1, 0.15) is 5.75 Å². The molecule has 1 heterocycles. The fourth-order valence-corrected chi connectivity index (χ4v) is 5.66. The monoisotopic (exact) mass is 393 g/mol. The van der Waals surface area contributed by atoms with Gasteiger partial charge in [0.25, 0.3) is 0 Å². The second kappa shape index (κ2) is 8.11. The molecule has 0 bridgehead atoms. The largest absolute Gasteiger partial charge is 0.493 e. The number of aryl methyl sites for hydroxylation is 1. The van der Waals surface area contributed by atoms with Crippen LogP contribution in [0.2, 0.25) is 0 Å². The van der Waals surface area contributed by atoms with E-state index < -0.39 is 10.0 Å². The van der Waals surface area contributed by atoms with Gasteiger partial charge in [-0.25, -0.2) is 13.1 Å². The predicted molar refractivity (Wildman–Crippen MR) is 107 cm³/mol. The van der Waals surface area contributed by atoms with E-state index in [1.54, 1.807) is 29.5 Å². The molecule has 0 atom stereocenters. The van der Waals surface area contributed by atoms with Crippen LogP contribution in [0.3, 0.4) is 0 Å². The van der Waals surface area contributed by atoms with Crippen LogP contribution < -0.4 is 9.46 Å². The van der Waals surface area contributed by atoms with Crippen LogP contribution in [0.5, 0.6) is 5.75 Å². The highest BCUT2D eigenvalue weighted by Gasteiger charge is 2.37. The normalized spacial score (nSPS) is 16.7. The molecule has 1 aromatic heterocycles. The van der Waals surface area contributed by atoms with Crippen molar-refractivity contribution in [2.45, 2.75) is 56.3 Å². The van der Waals surface area contributed by atoms with Gasteiger partial charge in [-0.2, -0.15) is 11.3 Å². The average molecular weight is 394 g/mol. The van der Waals surface area contributed by atoms with Gasteiger partial charge < -0.3 is 4.74 Å². The first kappa shape index (κ1) is 19.4. The SMILES string of the molecule is CCCOc1ccc(S(=O)(=O)NCC2(c3ccsc3)CCCC2)cc1C. The molecule has 1 saturated carbocycles. The Bertz CT molecular complexity index is 823. The molecule has 2 aromatic rings. The summed E-state index contributed by atoms with van der Waals surface area (Å²) in [6.07, 6.45) is 5.30. The Balaban J connectivity index is 1.75. The van der Waals surface area contributed by atoms with Crippen LogP contribution in [0.25, 0.3) is 0 Å². The Hall–Kier alpha value is -1.37. The number of ether oxygens (including phenoxy) is 1. The topological polar surface area (TPSA) is 55.4 Å². The summed E-state index contributed by atoms with van der Waals surface area (Å²) in [4.78, 5) is 0.303. The minimum Gasteiger partial charge on any atom is -0.493 e. The van der Waals surface area contributed by atoms with Crippen molar-refractivity contribution in [1.29, 1.82) is 0 Å². The summed E-state index contributed by atoms with van der Waals surface area (Å²) in [5.74, 6) is 0.747. The summed E-state index contributed by atoms with van der Waals surface area (Å²) >= 11 is 1.67. The quantitative estimate of drug-likeness (QED) is 0.711. The van der Waals surface area contributed by atoms with Gasteiger partial charge in [-0.15, -0.1) is 0 Å². The molecule has 0 saturated heterocycles. The molecule has 4 nitrogen and oxygen atoms in total. The Morgan fingerprint density at radius 2 is 2.00 bits per heavy atom. The summed E-state index contributed by atoms with van der Waals surface area (Å²) < 4.78 is 34.2. The lowest BCUT2D eigenvalue weighted by Crippen LogP contribution is -2.38. The van der Waals surface area contributed by atoms with Gasteiger partial charge in [0.15, 0.2) is 0 Å². The summed E-state index contributed by atoms with van der Waals surface area (Å²) in [6.45, 7) is 5.02. The van der Waals surface area contributed by atoms with Gasteiger partial charge in [0, 0.05) is 12.0 Å². The first-order valence-corrected chi connectivity index (χ1v) is 11.7. The van der Waals surface area contributed by atoms with Crippen molar-refractivity contribution >= 4 is 21.4 Å². The second-order valence-corrected chi connectivity index (χ2v) is 9.65. The molecule has 0 spiro atoms. The van der Waals surface area contributed by atoms with E-state index in [4.69, 9.17) is 4.74 Å². The van der Waals surface area contributed by atoms with Gasteiger partial charge in [0.05, 0.1) is 11.5 Å². The van der Waals surface area contributed by atoms with E-state index in [1.165, 1.54) is 5.56 Å². The summed E-state index contributed by atoms with van der Waals surface area (Å²) in [7, 11) is -3.54. The lowest BCUT2D eigenvalue weighted by Gasteiger charge is -2.28. The molecule has 1 aliphatic rings. The highest BCUT2D eigenvalue weighted by Crippen LogP contribution is 2.41. The number of hydrogen-bond donors (Lipinski definition) is 1. The molecule has 0 radical (unpaired) electrons. The predicted octanol–water partition coefficient (Wildman–Crippen LogP) is 4.64. The zero-order valence-electron chi connectivity index (χ0n) is 15.5. The van der Waals surface area contributed by atoms with Crippen LogP contribution in [0, 0.1) is 6.92 Å². The molecule has 0 unspecified atom stereocenters. The summed E-state index contributed by atoms with van der Waals surface area (Å²) in [5.41, 5.74) is 2.05. The maximum Gasteiger partial charge on any atom is 0.240 e. The molecular formula is C20H27NO3S2. The van der Waals surface area contributed by atoms with Gasteiger partial charge >= 0.3 is 0 Å².